The minimum atomic E-state index is -3.12. The van der Waals surface area contributed by atoms with Gasteiger partial charge in [-0.3, -0.25) is 0 Å². The molecule has 0 bridgehead atoms. The molecule has 0 aromatic carbocycles. The summed E-state index contributed by atoms with van der Waals surface area (Å²) in [6, 6.07) is 0. The number of thiophene rings is 1. The van der Waals surface area contributed by atoms with Crippen molar-refractivity contribution in [2.24, 2.45) is 0 Å². The van der Waals surface area contributed by atoms with E-state index in [2.05, 4.69) is 4.90 Å². The Labute approximate surface area is 183 Å². The smallest absolute Gasteiger partial charge is 0.213 e. The minimum absolute atomic E-state index is 0.175. The van der Waals surface area contributed by atoms with Crippen molar-refractivity contribution in [3.8, 4) is 0 Å². The highest BCUT2D eigenvalue weighted by Gasteiger charge is 2.30. The zero-order valence-electron chi connectivity index (χ0n) is 17.9. The van der Waals surface area contributed by atoms with Gasteiger partial charge in [-0.15, -0.1) is 11.3 Å². The van der Waals surface area contributed by atoms with Crippen LogP contribution in [0.15, 0.2) is 0 Å². The van der Waals surface area contributed by atoms with Crippen molar-refractivity contribution in [1.29, 1.82) is 0 Å². The monoisotopic (exact) mass is 448 g/mol. The number of fused-ring (bicyclic) bond motifs is 3. The summed E-state index contributed by atoms with van der Waals surface area (Å²) in [5.41, 5.74) is 1.47. The summed E-state index contributed by atoms with van der Waals surface area (Å²) < 4.78 is 26.3. The van der Waals surface area contributed by atoms with Crippen molar-refractivity contribution >= 4 is 37.4 Å². The van der Waals surface area contributed by atoms with E-state index in [4.69, 9.17) is 9.97 Å². The maximum absolute atomic E-state index is 12.3. The molecule has 1 saturated heterocycles. The first-order valence-electron chi connectivity index (χ1n) is 11.6. The van der Waals surface area contributed by atoms with Crippen molar-refractivity contribution < 1.29 is 8.42 Å². The molecule has 3 aliphatic rings. The minimum Gasteiger partial charge on any atom is -0.353 e. The first-order valence-corrected chi connectivity index (χ1v) is 14.0. The van der Waals surface area contributed by atoms with Crippen LogP contribution in [0.4, 0.5) is 5.82 Å². The standard InChI is InChI=1S/C22H32N4O2S2/c1-2-30(27,28)26-14-12-25(13-15-26)21-19-17-10-6-7-11-18(17)29-22(19)24-20(23-21)16-8-4-3-5-9-16/h16H,2-15H2,1H3. The fraction of sp³-hybridized carbons (Fsp3) is 0.727. The molecule has 1 aliphatic heterocycles. The highest BCUT2D eigenvalue weighted by Crippen LogP contribution is 2.42. The third kappa shape index (κ3) is 3.75. The van der Waals surface area contributed by atoms with Crippen LogP contribution in [0.3, 0.4) is 0 Å². The maximum Gasteiger partial charge on any atom is 0.213 e. The molecule has 164 valence electrons. The molecule has 2 aliphatic carbocycles. The van der Waals surface area contributed by atoms with Crippen LogP contribution in [0.2, 0.25) is 0 Å². The van der Waals surface area contributed by atoms with Crippen molar-refractivity contribution in [2.75, 3.05) is 36.8 Å². The molecule has 0 amide bonds. The highest BCUT2D eigenvalue weighted by molar-refractivity contribution is 7.89. The molecule has 1 saturated carbocycles. The highest BCUT2D eigenvalue weighted by atomic mass is 32.2. The van der Waals surface area contributed by atoms with E-state index >= 15 is 0 Å². The van der Waals surface area contributed by atoms with E-state index in [1.54, 1.807) is 11.2 Å². The summed E-state index contributed by atoms with van der Waals surface area (Å²) in [6.07, 6.45) is 11.1. The molecular weight excluding hydrogens is 416 g/mol. The number of hydrogen-bond donors (Lipinski definition) is 0. The zero-order chi connectivity index (χ0) is 20.7. The lowest BCUT2D eigenvalue weighted by Crippen LogP contribution is -2.49. The van der Waals surface area contributed by atoms with Gasteiger partial charge in [0.1, 0.15) is 16.5 Å². The van der Waals surface area contributed by atoms with Gasteiger partial charge in [-0.25, -0.2) is 18.4 Å². The molecule has 8 heteroatoms. The topological polar surface area (TPSA) is 66.4 Å². The van der Waals surface area contributed by atoms with Crippen LogP contribution in [-0.2, 0) is 22.9 Å². The predicted octanol–water partition coefficient (Wildman–Crippen LogP) is 4.09. The summed E-state index contributed by atoms with van der Waals surface area (Å²) in [5.74, 6) is 2.75. The molecule has 6 nitrogen and oxygen atoms in total. The van der Waals surface area contributed by atoms with Crippen LogP contribution in [-0.4, -0.2) is 54.6 Å². The molecule has 2 aromatic heterocycles. The van der Waals surface area contributed by atoms with E-state index < -0.39 is 10.0 Å². The van der Waals surface area contributed by atoms with E-state index in [-0.39, 0.29) is 5.75 Å². The second-order valence-electron chi connectivity index (χ2n) is 8.92. The van der Waals surface area contributed by atoms with Crippen molar-refractivity contribution in [2.45, 2.75) is 70.6 Å². The Morgan fingerprint density at radius 2 is 1.70 bits per heavy atom. The SMILES string of the molecule is CCS(=O)(=O)N1CCN(c2nc(C3CCCCC3)nc3sc4c(c23)CCCC4)CC1. The molecule has 0 unspecified atom stereocenters. The number of piperazine rings is 1. The summed E-state index contributed by atoms with van der Waals surface area (Å²) in [7, 11) is -3.12. The van der Waals surface area contributed by atoms with Gasteiger partial charge in [0.25, 0.3) is 0 Å². The molecule has 30 heavy (non-hydrogen) atoms. The second kappa shape index (κ2) is 8.36. The Balaban J connectivity index is 1.53. The largest absolute Gasteiger partial charge is 0.353 e. The van der Waals surface area contributed by atoms with Crippen LogP contribution < -0.4 is 4.90 Å². The van der Waals surface area contributed by atoms with Gasteiger partial charge in [0, 0.05) is 37.0 Å². The van der Waals surface area contributed by atoms with E-state index in [1.165, 1.54) is 60.8 Å². The van der Waals surface area contributed by atoms with Crippen LogP contribution in [0.25, 0.3) is 10.2 Å². The Kier molecular flexibility index (Phi) is 5.75. The lowest BCUT2D eigenvalue weighted by Gasteiger charge is -2.35. The molecule has 0 spiro atoms. The lowest BCUT2D eigenvalue weighted by molar-refractivity contribution is 0.384. The number of hydrogen-bond acceptors (Lipinski definition) is 6. The van der Waals surface area contributed by atoms with Crippen LogP contribution in [0.1, 0.15) is 74.1 Å². The van der Waals surface area contributed by atoms with E-state index in [9.17, 15) is 8.42 Å². The Morgan fingerprint density at radius 3 is 2.43 bits per heavy atom. The van der Waals surface area contributed by atoms with Crippen LogP contribution in [0, 0.1) is 0 Å². The number of anilines is 1. The Bertz CT molecular complexity index is 1020. The molecule has 0 radical (unpaired) electrons. The molecule has 0 atom stereocenters. The third-order valence-electron chi connectivity index (χ3n) is 7.08. The summed E-state index contributed by atoms with van der Waals surface area (Å²) in [6.45, 7) is 4.24. The fourth-order valence-corrected chi connectivity index (χ4v) is 7.63. The first-order chi connectivity index (χ1) is 14.6. The number of aromatic nitrogens is 2. The first kappa shape index (κ1) is 20.6. The molecule has 2 aromatic rings. The number of sulfonamides is 1. The molecule has 5 rings (SSSR count). The Hall–Kier alpha value is -1.25. The average Bonchev–Trinajstić information content (AvgIpc) is 3.18. The number of nitrogens with zero attached hydrogens (tertiary/aromatic N) is 4. The zero-order valence-corrected chi connectivity index (χ0v) is 19.5. The average molecular weight is 449 g/mol. The summed E-state index contributed by atoms with van der Waals surface area (Å²) >= 11 is 1.88. The van der Waals surface area contributed by atoms with Gasteiger partial charge in [0.05, 0.1) is 11.1 Å². The van der Waals surface area contributed by atoms with Gasteiger partial charge in [-0.05, 0) is 51.0 Å². The summed E-state index contributed by atoms with van der Waals surface area (Å²) in [5, 5.41) is 1.26. The van der Waals surface area contributed by atoms with Gasteiger partial charge >= 0.3 is 0 Å². The number of aryl methyl sites for hydroxylation is 2. The van der Waals surface area contributed by atoms with E-state index in [1.807, 2.05) is 11.3 Å². The van der Waals surface area contributed by atoms with Crippen molar-refractivity contribution in [3.63, 3.8) is 0 Å². The maximum atomic E-state index is 12.3. The van der Waals surface area contributed by atoms with Gasteiger partial charge in [0.2, 0.25) is 10.0 Å². The normalized spacial score (nSPS) is 21.8. The molecule has 2 fully saturated rings. The van der Waals surface area contributed by atoms with Crippen molar-refractivity contribution in [3.05, 3.63) is 16.3 Å². The van der Waals surface area contributed by atoms with Gasteiger partial charge in [-0.1, -0.05) is 19.3 Å². The fourth-order valence-electron chi connectivity index (χ4n) is 5.29. The third-order valence-corrected chi connectivity index (χ3v) is 10.1. The van der Waals surface area contributed by atoms with Crippen molar-refractivity contribution in [1.82, 2.24) is 14.3 Å². The van der Waals surface area contributed by atoms with Crippen LogP contribution >= 0.6 is 11.3 Å². The van der Waals surface area contributed by atoms with E-state index in [0.717, 1.165) is 29.3 Å². The second-order valence-corrected chi connectivity index (χ2v) is 12.3. The Morgan fingerprint density at radius 1 is 0.967 bits per heavy atom. The summed E-state index contributed by atoms with van der Waals surface area (Å²) in [4.78, 5) is 15.3. The van der Waals surface area contributed by atoms with E-state index in [0.29, 0.717) is 32.1 Å². The number of rotatable bonds is 4. The van der Waals surface area contributed by atoms with Gasteiger partial charge in [0.15, 0.2) is 0 Å². The lowest BCUT2D eigenvalue weighted by atomic mass is 9.88. The van der Waals surface area contributed by atoms with Crippen LogP contribution in [0.5, 0.6) is 0 Å². The quantitative estimate of drug-likeness (QED) is 0.705. The molecule has 0 N–H and O–H groups in total. The molecular formula is C22H32N4O2S2. The predicted molar refractivity (Wildman–Crippen MR) is 123 cm³/mol. The van der Waals surface area contributed by atoms with Gasteiger partial charge < -0.3 is 4.90 Å². The van der Waals surface area contributed by atoms with Gasteiger partial charge in [-0.2, -0.15) is 4.31 Å². The molecule has 3 heterocycles.